The van der Waals surface area contributed by atoms with Crippen LogP contribution in [0.3, 0.4) is 0 Å². The number of aryl methyl sites for hydroxylation is 1. The van der Waals surface area contributed by atoms with Crippen molar-refractivity contribution in [3.63, 3.8) is 0 Å². The van der Waals surface area contributed by atoms with Crippen LogP contribution in [0.25, 0.3) is 0 Å². The molecule has 2 N–H and O–H groups in total. The zero-order chi connectivity index (χ0) is 25.1. The summed E-state index contributed by atoms with van der Waals surface area (Å²) in [6, 6.07) is 9.97. The van der Waals surface area contributed by atoms with Crippen molar-refractivity contribution in [3.8, 4) is 6.07 Å². The summed E-state index contributed by atoms with van der Waals surface area (Å²) < 4.78 is 5.08. The van der Waals surface area contributed by atoms with Crippen LogP contribution in [0, 0.1) is 11.3 Å². The van der Waals surface area contributed by atoms with Crippen LogP contribution in [0.2, 0.25) is 0 Å². The van der Waals surface area contributed by atoms with Gasteiger partial charge in [-0.05, 0) is 56.5 Å². The average Bonchev–Trinajstić information content (AvgIpc) is 3.48. The molecule has 4 heterocycles. The number of nitrogens with zero attached hydrogens (tertiary/aromatic N) is 6. The zero-order valence-electron chi connectivity index (χ0n) is 21.0. The molecule has 2 bridgehead atoms. The smallest absolute Gasteiger partial charge is 0.409 e. The van der Waals surface area contributed by atoms with Crippen LogP contribution in [0.15, 0.2) is 24.4 Å². The van der Waals surface area contributed by atoms with Crippen LogP contribution in [0.1, 0.15) is 37.3 Å². The molecule has 3 fully saturated rings. The Morgan fingerprint density at radius 3 is 2.89 bits per heavy atom. The lowest BCUT2D eigenvalue weighted by atomic mass is 10.1. The maximum atomic E-state index is 11.8. The van der Waals surface area contributed by atoms with E-state index in [0.717, 1.165) is 44.6 Å². The number of cyclic esters (lactones) is 1. The number of amides is 1. The number of nitrogens with one attached hydrogen (secondary N) is 2. The molecule has 0 unspecified atom stereocenters. The number of likely N-dealkylation sites (tertiary alicyclic amines) is 1. The fraction of sp³-hybridized carbons (Fsp3) is 0.538. The number of anilines is 4. The van der Waals surface area contributed by atoms with Crippen LogP contribution in [-0.2, 0) is 11.2 Å². The monoisotopic (exact) mass is 490 g/mol. The predicted octanol–water partition coefficient (Wildman–Crippen LogP) is 3.19. The summed E-state index contributed by atoms with van der Waals surface area (Å²) in [6.45, 7) is 6.77. The van der Waals surface area contributed by atoms with E-state index in [1.54, 1.807) is 4.90 Å². The van der Waals surface area contributed by atoms with Crippen LogP contribution < -0.4 is 15.5 Å². The van der Waals surface area contributed by atoms with Crippen molar-refractivity contribution in [3.05, 3.63) is 35.5 Å². The van der Waals surface area contributed by atoms with Gasteiger partial charge >= 0.3 is 6.09 Å². The van der Waals surface area contributed by atoms with Crippen LogP contribution in [0.4, 0.5) is 27.9 Å². The Kier molecular flexibility index (Phi) is 7.09. The molecule has 3 aliphatic heterocycles. The second kappa shape index (κ2) is 10.6. The lowest BCUT2D eigenvalue weighted by Gasteiger charge is -2.34. The minimum Gasteiger partial charge on any atom is -0.449 e. The summed E-state index contributed by atoms with van der Waals surface area (Å²) in [5.41, 5.74) is 3.85. The van der Waals surface area contributed by atoms with Crippen molar-refractivity contribution >= 4 is 29.2 Å². The lowest BCUT2D eigenvalue weighted by molar-refractivity contribution is 0.0729. The van der Waals surface area contributed by atoms with Crippen LogP contribution >= 0.6 is 0 Å². The number of carbonyl (C=O) groups is 1. The van der Waals surface area contributed by atoms with E-state index in [9.17, 15) is 10.1 Å². The first-order chi connectivity index (χ1) is 17.6. The molecule has 5 rings (SSSR count). The summed E-state index contributed by atoms with van der Waals surface area (Å²) in [6.07, 6.45) is 5.00. The SMILES string of the molecule is CCc1cc(N2C[C@@H]3C[C@H]2CN3C)ccc1Nc1ncc(C#N)c(NCCCN2CCCOC2=O)n1. The fourth-order valence-electron chi connectivity index (χ4n) is 5.41. The van der Waals surface area contributed by atoms with Crippen LogP contribution in [-0.4, -0.2) is 84.3 Å². The first kappa shape index (κ1) is 24.1. The van der Waals surface area contributed by atoms with Crippen molar-refractivity contribution in [2.45, 2.75) is 44.7 Å². The second-order valence-electron chi connectivity index (χ2n) is 9.76. The maximum absolute atomic E-state index is 11.8. The fourth-order valence-corrected chi connectivity index (χ4v) is 5.41. The van der Waals surface area contributed by atoms with E-state index in [4.69, 9.17) is 4.74 Å². The van der Waals surface area contributed by atoms with Crippen molar-refractivity contribution < 1.29 is 9.53 Å². The highest BCUT2D eigenvalue weighted by molar-refractivity contribution is 5.68. The van der Waals surface area contributed by atoms with Gasteiger partial charge in [0.1, 0.15) is 17.5 Å². The van der Waals surface area contributed by atoms with E-state index < -0.39 is 0 Å². The van der Waals surface area contributed by atoms with Gasteiger partial charge < -0.3 is 25.2 Å². The zero-order valence-corrected chi connectivity index (χ0v) is 21.0. The lowest BCUT2D eigenvalue weighted by Crippen LogP contribution is -2.44. The number of hydrogen-bond acceptors (Lipinski definition) is 9. The Bertz CT molecular complexity index is 1150. The quantitative estimate of drug-likeness (QED) is 0.512. The Morgan fingerprint density at radius 1 is 1.28 bits per heavy atom. The summed E-state index contributed by atoms with van der Waals surface area (Å²) in [7, 11) is 2.22. The number of piperazine rings is 1. The van der Waals surface area contributed by atoms with Gasteiger partial charge in [-0.2, -0.15) is 10.2 Å². The molecule has 190 valence electrons. The molecule has 2 atom stereocenters. The van der Waals surface area contributed by atoms with E-state index in [2.05, 4.69) is 68.6 Å². The molecule has 0 radical (unpaired) electrons. The van der Waals surface area contributed by atoms with Gasteiger partial charge in [-0.3, -0.25) is 4.90 Å². The van der Waals surface area contributed by atoms with Crippen molar-refractivity contribution in [1.82, 2.24) is 19.8 Å². The standard InChI is InChI=1S/C26H34N8O2/c1-3-18-12-20(34-17-21-13-22(34)16-32(21)2)6-7-23(18)30-25-29-15-19(14-27)24(31-25)28-8-4-9-33-10-5-11-36-26(33)35/h6-7,12,15,21-22H,3-5,8-11,13,16-17H2,1-2H3,(H2,28,29,30,31)/t21-,22-/m0/s1. The number of ether oxygens (including phenoxy) is 1. The van der Waals surface area contributed by atoms with E-state index in [1.807, 2.05) is 0 Å². The predicted molar refractivity (Wildman–Crippen MR) is 139 cm³/mol. The van der Waals surface area contributed by atoms with E-state index in [0.29, 0.717) is 49.1 Å². The number of benzene rings is 1. The third kappa shape index (κ3) is 5.02. The highest BCUT2D eigenvalue weighted by Crippen LogP contribution is 2.35. The first-order valence-corrected chi connectivity index (χ1v) is 12.8. The molecule has 1 aromatic heterocycles. The number of hydrogen-bond donors (Lipinski definition) is 2. The van der Waals surface area contributed by atoms with E-state index >= 15 is 0 Å². The molecule has 36 heavy (non-hydrogen) atoms. The van der Waals surface area contributed by atoms with Gasteiger partial charge in [-0.25, -0.2) is 9.78 Å². The van der Waals surface area contributed by atoms with Gasteiger partial charge in [0.05, 0.1) is 12.8 Å². The Balaban J connectivity index is 1.23. The molecule has 0 saturated carbocycles. The highest BCUT2D eigenvalue weighted by Gasteiger charge is 2.41. The highest BCUT2D eigenvalue weighted by atomic mass is 16.6. The third-order valence-corrected chi connectivity index (χ3v) is 7.42. The number of carbonyl (C=O) groups excluding carboxylic acids is 1. The maximum Gasteiger partial charge on any atom is 0.409 e. The van der Waals surface area contributed by atoms with Gasteiger partial charge in [0, 0.05) is 56.2 Å². The molecule has 0 spiro atoms. The third-order valence-electron chi connectivity index (χ3n) is 7.42. The number of likely N-dealkylation sites (N-methyl/N-ethyl adjacent to an activating group) is 1. The molecule has 2 aromatic rings. The summed E-state index contributed by atoms with van der Waals surface area (Å²) in [4.78, 5) is 27.4. The van der Waals surface area contributed by atoms with Crippen molar-refractivity contribution in [1.29, 1.82) is 5.26 Å². The average molecular weight is 491 g/mol. The van der Waals surface area contributed by atoms with Crippen LogP contribution in [0.5, 0.6) is 0 Å². The van der Waals surface area contributed by atoms with Gasteiger partial charge in [0.25, 0.3) is 0 Å². The van der Waals surface area contributed by atoms with Crippen molar-refractivity contribution in [2.24, 2.45) is 0 Å². The Labute approximate surface area is 212 Å². The molecular weight excluding hydrogens is 456 g/mol. The van der Waals surface area contributed by atoms with Gasteiger partial charge in [-0.15, -0.1) is 0 Å². The number of nitriles is 1. The van der Waals surface area contributed by atoms with Gasteiger partial charge in [0.15, 0.2) is 0 Å². The van der Waals surface area contributed by atoms with Gasteiger partial charge in [0.2, 0.25) is 5.95 Å². The number of fused-ring (bicyclic) bond motifs is 2. The molecule has 1 aromatic carbocycles. The molecule has 1 amide bonds. The Morgan fingerprint density at radius 2 is 2.17 bits per heavy atom. The number of aromatic nitrogens is 2. The summed E-state index contributed by atoms with van der Waals surface area (Å²) in [5, 5.41) is 16.1. The minimum absolute atomic E-state index is 0.255. The molecular formula is C26H34N8O2. The number of rotatable bonds is 9. The second-order valence-corrected chi connectivity index (χ2v) is 9.76. The normalized spacial score (nSPS) is 21.4. The Hall–Kier alpha value is -3.58. The summed E-state index contributed by atoms with van der Waals surface area (Å²) >= 11 is 0. The minimum atomic E-state index is -0.255. The van der Waals surface area contributed by atoms with Gasteiger partial charge in [-0.1, -0.05) is 6.92 Å². The molecule has 10 heteroatoms. The molecule has 3 saturated heterocycles. The topological polar surface area (TPSA) is 110 Å². The van der Waals surface area contributed by atoms with E-state index in [-0.39, 0.29) is 6.09 Å². The van der Waals surface area contributed by atoms with Crippen molar-refractivity contribution in [2.75, 3.05) is 61.9 Å². The first-order valence-electron chi connectivity index (χ1n) is 12.8. The molecule has 0 aliphatic carbocycles. The summed E-state index contributed by atoms with van der Waals surface area (Å²) in [5.74, 6) is 0.934. The van der Waals surface area contributed by atoms with E-state index in [1.165, 1.54) is 23.9 Å². The molecule has 10 nitrogen and oxygen atoms in total. The molecule has 3 aliphatic rings. The largest absolute Gasteiger partial charge is 0.449 e.